The van der Waals surface area contributed by atoms with Crippen LogP contribution in [0.1, 0.15) is 36.5 Å². The molecule has 1 aliphatic rings. The third kappa shape index (κ3) is 2.50. The molecule has 1 amide bonds. The van der Waals surface area contributed by atoms with Crippen molar-refractivity contribution in [1.29, 1.82) is 0 Å². The van der Waals surface area contributed by atoms with E-state index in [0.717, 1.165) is 41.9 Å². The maximum Gasteiger partial charge on any atom is 0.256 e. The lowest BCUT2D eigenvalue weighted by atomic mass is 10.1. The average molecular weight is 256 g/mol. The first-order valence-electron chi connectivity index (χ1n) is 7.15. The van der Waals surface area contributed by atoms with Crippen molar-refractivity contribution in [3.05, 3.63) is 36.0 Å². The first-order chi connectivity index (χ1) is 9.29. The van der Waals surface area contributed by atoms with Crippen LogP contribution in [-0.2, 0) is 0 Å². The molecule has 100 valence electrons. The monoisotopic (exact) mass is 256 g/mol. The zero-order valence-electron chi connectivity index (χ0n) is 11.4. The summed E-state index contributed by atoms with van der Waals surface area (Å²) >= 11 is 0. The van der Waals surface area contributed by atoms with Gasteiger partial charge >= 0.3 is 0 Å². The van der Waals surface area contributed by atoms with Gasteiger partial charge in [0.1, 0.15) is 0 Å². The second-order valence-corrected chi connectivity index (χ2v) is 5.44. The van der Waals surface area contributed by atoms with Crippen LogP contribution in [0.4, 0.5) is 0 Å². The second-order valence-electron chi connectivity index (χ2n) is 5.44. The van der Waals surface area contributed by atoms with Crippen LogP contribution in [0.2, 0.25) is 0 Å². The molecule has 3 heteroatoms. The number of hydrogen-bond donors (Lipinski definition) is 1. The zero-order chi connectivity index (χ0) is 13.2. The Kier molecular flexibility index (Phi) is 3.28. The number of hydrogen-bond acceptors (Lipinski definition) is 1. The topological polar surface area (TPSA) is 36.1 Å². The van der Waals surface area contributed by atoms with Gasteiger partial charge in [-0.2, -0.15) is 0 Å². The number of aromatic amines is 1. The third-order valence-corrected chi connectivity index (χ3v) is 3.78. The van der Waals surface area contributed by atoms with E-state index < -0.39 is 0 Å². The van der Waals surface area contributed by atoms with Gasteiger partial charge in [-0.3, -0.25) is 4.79 Å². The van der Waals surface area contributed by atoms with Gasteiger partial charge in [0.15, 0.2) is 0 Å². The first-order valence-corrected chi connectivity index (χ1v) is 7.15. The molecular formula is C16H20N2O. The number of nitrogens with one attached hydrogen (secondary N) is 1. The summed E-state index contributed by atoms with van der Waals surface area (Å²) in [7, 11) is 0. The van der Waals surface area contributed by atoms with Gasteiger partial charge in [-0.1, -0.05) is 25.1 Å². The van der Waals surface area contributed by atoms with Crippen molar-refractivity contribution >= 4 is 16.8 Å². The third-order valence-electron chi connectivity index (χ3n) is 3.78. The van der Waals surface area contributed by atoms with Crippen LogP contribution in [0.5, 0.6) is 0 Å². The van der Waals surface area contributed by atoms with Crippen LogP contribution in [0, 0.1) is 5.92 Å². The van der Waals surface area contributed by atoms with Crippen molar-refractivity contribution in [2.24, 2.45) is 5.92 Å². The molecule has 2 aromatic rings. The van der Waals surface area contributed by atoms with Crippen molar-refractivity contribution in [2.75, 3.05) is 13.1 Å². The maximum atomic E-state index is 12.7. The Morgan fingerprint density at radius 3 is 2.89 bits per heavy atom. The lowest BCUT2D eigenvalue weighted by molar-refractivity contribution is 0.0750. The van der Waals surface area contributed by atoms with Gasteiger partial charge < -0.3 is 9.88 Å². The molecule has 0 spiro atoms. The molecule has 1 saturated carbocycles. The highest BCUT2D eigenvalue weighted by molar-refractivity contribution is 6.06. The number of fused-ring (bicyclic) bond motifs is 1. The van der Waals surface area contributed by atoms with Crippen LogP contribution >= 0.6 is 0 Å². The number of para-hydroxylation sites is 1. The van der Waals surface area contributed by atoms with Crippen molar-refractivity contribution in [1.82, 2.24) is 9.88 Å². The van der Waals surface area contributed by atoms with E-state index in [0.29, 0.717) is 0 Å². The summed E-state index contributed by atoms with van der Waals surface area (Å²) in [4.78, 5) is 17.9. The van der Waals surface area contributed by atoms with Crippen LogP contribution in [0.3, 0.4) is 0 Å². The van der Waals surface area contributed by atoms with E-state index in [-0.39, 0.29) is 5.91 Å². The van der Waals surface area contributed by atoms with Crippen molar-refractivity contribution in [3.8, 4) is 0 Å². The summed E-state index contributed by atoms with van der Waals surface area (Å²) in [5.74, 6) is 0.909. The molecule has 3 nitrogen and oxygen atoms in total. The molecule has 1 aliphatic carbocycles. The predicted molar refractivity (Wildman–Crippen MR) is 77.2 cm³/mol. The summed E-state index contributed by atoms with van der Waals surface area (Å²) in [5.41, 5.74) is 1.85. The molecule has 1 fully saturated rings. The lowest BCUT2D eigenvalue weighted by Crippen LogP contribution is -2.33. The van der Waals surface area contributed by atoms with Crippen LogP contribution in [0.15, 0.2) is 30.5 Å². The van der Waals surface area contributed by atoms with E-state index in [2.05, 4.69) is 11.9 Å². The number of aromatic nitrogens is 1. The number of benzene rings is 1. The Labute approximate surface area is 113 Å². The normalized spacial score (nSPS) is 14.8. The molecule has 0 unspecified atom stereocenters. The minimum absolute atomic E-state index is 0.172. The fourth-order valence-electron chi connectivity index (χ4n) is 2.58. The van der Waals surface area contributed by atoms with Crippen molar-refractivity contribution in [2.45, 2.75) is 26.2 Å². The largest absolute Gasteiger partial charge is 0.360 e. The first kappa shape index (κ1) is 12.3. The van der Waals surface area contributed by atoms with E-state index in [9.17, 15) is 4.79 Å². The molecule has 1 heterocycles. The molecule has 19 heavy (non-hydrogen) atoms. The van der Waals surface area contributed by atoms with Gasteiger partial charge in [-0.25, -0.2) is 0 Å². The van der Waals surface area contributed by atoms with E-state index in [1.54, 1.807) is 0 Å². The molecule has 0 bridgehead atoms. The fraction of sp³-hybridized carbons (Fsp3) is 0.438. The molecule has 1 aromatic carbocycles. The van der Waals surface area contributed by atoms with Gasteiger partial charge in [-0.15, -0.1) is 0 Å². The molecule has 0 radical (unpaired) electrons. The summed E-state index contributed by atoms with van der Waals surface area (Å²) in [6, 6.07) is 8.00. The molecular weight excluding hydrogens is 236 g/mol. The quantitative estimate of drug-likeness (QED) is 0.874. The number of carbonyl (C=O) groups excluding carboxylic acids is 1. The van der Waals surface area contributed by atoms with Gasteiger partial charge in [0, 0.05) is 30.2 Å². The summed E-state index contributed by atoms with van der Waals surface area (Å²) in [5, 5.41) is 1.03. The summed E-state index contributed by atoms with van der Waals surface area (Å²) in [6.45, 7) is 3.91. The second kappa shape index (κ2) is 5.08. The summed E-state index contributed by atoms with van der Waals surface area (Å²) < 4.78 is 0. The van der Waals surface area contributed by atoms with Crippen LogP contribution < -0.4 is 0 Å². The summed E-state index contributed by atoms with van der Waals surface area (Å²) in [6.07, 6.45) is 5.42. The zero-order valence-corrected chi connectivity index (χ0v) is 11.4. The molecule has 0 aliphatic heterocycles. The minimum Gasteiger partial charge on any atom is -0.360 e. The van der Waals surface area contributed by atoms with E-state index in [1.807, 2.05) is 35.4 Å². The van der Waals surface area contributed by atoms with Crippen LogP contribution in [0.25, 0.3) is 10.9 Å². The molecule has 1 N–H and O–H groups in total. The molecule has 0 atom stereocenters. The Balaban J connectivity index is 1.87. The highest BCUT2D eigenvalue weighted by atomic mass is 16.2. The predicted octanol–water partition coefficient (Wildman–Crippen LogP) is 3.43. The van der Waals surface area contributed by atoms with E-state index in [4.69, 9.17) is 0 Å². The van der Waals surface area contributed by atoms with Gasteiger partial charge in [0.2, 0.25) is 0 Å². The van der Waals surface area contributed by atoms with E-state index >= 15 is 0 Å². The molecule has 0 saturated heterocycles. The highest BCUT2D eigenvalue weighted by Crippen LogP contribution is 2.30. The van der Waals surface area contributed by atoms with Crippen LogP contribution in [-0.4, -0.2) is 28.9 Å². The van der Waals surface area contributed by atoms with Crippen molar-refractivity contribution < 1.29 is 4.79 Å². The van der Waals surface area contributed by atoms with Gasteiger partial charge in [-0.05, 0) is 31.2 Å². The minimum atomic E-state index is 0.172. The number of carbonyl (C=O) groups is 1. The average Bonchev–Trinajstić information content (AvgIpc) is 3.14. The Bertz CT molecular complexity index is 583. The standard InChI is InChI=1S/C16H20N2O/c1-2-9-18(11-12-7-8-12)16(19)14-10-17-15-6-4-3-5-13(14)15/h3-6,10,12,17H,2,7-9,11H2,1H3. The molecule has 1 aromatic heterocycles. The Morgan fingerprint density at radius 2 is 2.16 bits per heavy atom. The lowest BCUT2D eigenvalue weighted by Gasteiger charge is -2.21. The number of rotatable bonds is 5. The Morgan fingerprint density at radius 1 is 1.37 bits per heavy atom. The highest BCUT2D eigenvalue weighted by Gasteiger charge is 2.27. The number of H-pyrrole nitrogens is 1. The number of amides is 1. The molecule has 3 rings (SSSR count). The SMILES string of the molecule is CCCN(CC1CC1)C(=O)c1c[nH]c2ccccc12. The number of nitrogens with zero attached hydrogens (tertiary/aromatic N) is 1. The Hall–Kier alpha value is -1.77. The van der Waals surface area contributed by atoms with Crippen molar-refractivity contribution in [3.63, 3.8) is 0 Å². The van der Waals surface area contributed by atoms with Gasteiger partial charge in [0.25, 0.3) is 5.91 Å². The van der Waals surface area contributed by atoms with Gasteiger partial charge in [0.05, 0.1) is 5.56 Å². The fourth-order valence-corrected chi connectivity index (χ4v) is 2.58. The maximum absolute atomic E-state index is 12.7. The van der Waals surface area contributed by atoms with E-state index in [1.165, 1.54) is 12.8 Å². The smallest absolute Gasteiger partial charge is 0.256 e.